The first-order valence-electron chi connectivity index (χ1n) is 6.45. The second-order valence-corrected chi connectivity index (χ2v) is 4.88. The Kier molecular flexibility index (Phi) is 5.91. The number of carboxylic acids is 1. The predicted octanol–water partition coefficient (Wildman–Crippen LogP) is 0.700. The van der Waals surface area contributed by atoms with E-state index in [2.05, 4.69) is 10.6 Å². The summed E-state index contributed by atoms with van der Waals surface area (Å²) < 4.78 is 0. The van der Waals surface area contributed by atoms with Crippen molar-refractivity contribution < 1.29 is 19.8 Å². The number of carboxylic acid groups (broad SMARTS) is 1. The molecule has 2 unspecified atom stereocenters. The Morgan fingerprint density at radius 2 is 1.83 bits per heavy atom. The van der Waals surface area contributed by atoms with Gasteiger partial charge in [0.25, 0.3) is 0 Å². The van der Waals surface area contributed by atoms with Crippen LogP contribution in [0.3, 0.4) is 0 Å². The molecular formula is C12H22N2O4. The third-order valence-corrected chi connectivity index (χ3v) is 3.50. The first-order valence-corrected chi connectivity index (χ1v) is 6.45. The van der Waals surface area contributed by atoms with Crippen LogP contribution in [0.1, 0.15) is 39.0 Å². The van der Waals surface area contributed by atoms with E-state index in [1.165, 1.54) is 19.3 Å². The predicted molar refractivity (Wildman–Crippen MR) is 66.2 cm³/mol. The Morgan fingerprint density at radius 3 is 2.33 bits per heavy atom. The van der Waals surface area contributed by atoms with Crippen molar-refractivity contribution in [3.8, 4) is 0 Å². The molecule has 2 atom stereocenters. The van der Waals surface area contributed by atoms with Crippen LogP contribution in [0.5, 0.6) is 0 Å². The van der Waals surface area contributed by atoms with Gasteiger partial charge in [0.15, 0.2) is 6.04 Å². The van der Waals surface area contributed by atoms with Gasteiger partial charge < -0.3 is 20.8 Å². The van der Waals surface area contributed by atoms with Crippen LogP contribution in [0.2, 0.25) is 0 Å². The molecular weight excluding hydrogens is 236 g/mol. The van der Waals surface area contributed by atoms with Crippen molar-refractivity contribution in [2.24, 2.45) is 5.92 Å². The van der Waals surface area contributed by atoms with E-state index < -0.39 is 24.6 Å². The van der Waals surface area contributed by atoms with Gasteiger partial charge in [0.2, 0.25) is 0 Å². The number of rotatable bonds is 5. The Bertz CT molecular complexity index is 290. The SMILES string of the molecule is CC(NC(=O)NC(CO)C(=O)O)C1CCCCC1. The van der Waals surface area contributed by atoms with E-state index in [9.17, 15) is 9.59 Å². The number of amides is 2. The van der Waals surface area contributed by atoms with Crippen molar-refractivity contribution in [3.63, 3.8) is 0 Å². The first-order chi connectivity index (χ1) is 8.54. The van der Waals surface area contributed by atoms with Crippen LogP contribution in [0.15, 0.2) is 0 Å². The van der Waals surface area contributed by atoms with Crippen molar-refractivity contribution in [3.05, 3.63) is 0 Å². The molecule has 6 heteroatoms. The Hall–Kier alpha value is -1.30. The molecule has 1 aliphatic rings. The summed E-state index contributed by atoms with van der Waals surface area (Å²) in [5, 5.41) is 22.5. The maximum Gasteiger partial charge on any atom is 0.328 e. The highest BCUT2D eigenvalue weighted by Crippen LogP contribution is 2.26. The molecule has 0 spiro atoms. The summed E-state index contributed by atoms with van der Waals surface area (Å²) in [5.74, 6) is -0.778. The fourth-order valence-corrected chi connectivity index (χ4v) is 2.34. The summed E-state index contributed by atoms with van der Waals surface area (Å²) in [4.78, 5) is 22.2. The number of hydrogen-bond acceptors (Lipinski definition) is 3. The van der Waals surface area contributed by atoms with Gasteiger partial charge in [-0.3, -0.25) is 0 Å². The smallest absolute Gasteiger partial charge is 0.328 e. The summed E-state index contributed by atoms with van der Waals surface area (Å²) in [6.07, 6.45) is 5.83. The molecule has 0 bridgehead atoms. The fourth-order valence-electron chi connectivity index (χ4n) is 2.34. The number of carbonyl (C=O) groups is 2. The van der Waals surface area contributed by atoms with Gasteiger partial charge in [-0.05, 0) is 25.7 Å². The minimum atomic E-state index is -1.25. The van der Waals surface area contributed by atoms with Crippen LogP contribution in [-0.2, 0) is 4.79 Å². The molecule has 1 aliphatic carbocycles. The standard InChI is InChI=1S/C12H22N2O4/c1-8(9-5-3-2-4-6-9)13-12(18)14-10(7-15)11(16)17/h8-10,15H,2-7H2,1H3,(H,16,17)(H2,13,14,18). The molecule has 0 aromatic heterocycles. The lowest BCUT2D eigenvalue weighted by molar-refractivity contribution is -0.140. The van der Waals surface area contributed by atoms with E-state index in [-0.39, 0.29) is 6.04 Å². The molecule has 0 aliphatic heterocycles. The van der Waals surface area contributed by atoms with Gasteiger partial charge in [-0.2, -0.15) is 0 Å². The van der Waals surface area contributed by atoms with Gasteiger partial charge in [0.1, 0.15) is 0 Å². The molecule has 18 heavy (non-hydrogen) atoms. The molecule has 0 aromatic rings. The Labute approximate surface area is 107 Å². The van der Waals surface area contributed by atoms with Gasteiger partial charge in [-0.15, -0.1) is 0 Å². The van der Waals surface area contributed by atoms with E-state index in [0.29, 0.717) is 5.92 Å². The number of urea groups is 1. The topological polar surface area (TPSA) is 98.7 Å². The highest BCUT2D eigenvalue weighted by Gasteiger charge is 2.23. The van der Waals surface area contributed by atoms with E-state index in [1.807, 2.05) is 6.92 Å². The van der Waals surface area contributed by atoms with Crippen LogP contribution in [0.25, 0.3) is 0 Å². The average molecular weight is 258 g/mol. The molecule has 2 amide bonds. The van der Waals surface area contributed by atoms with Crippen molar-refractivity contribution in [1.29, 1.82) is 0 Å². The largest absolute Gasteiger partial charge is 0.480 e. The number of carbonyl (C=O) groups excluding carboxylic acids is 1. The van der Waals surface area contributed by atoms with E-state index in [0.717, 1.165) is 12.8 Å². The van der Waals surface area contributed by atoms with Crippen molar-refractivity contribution in [2.75, 3.05) is 6.61 Å². The molecule has 1 rings (SSSR count). The van der Waals surface area contributed by atoms with Crippen LogP contribution < -0.4 is 10.6 Å². The van der Waals surface area contributed by atoms with Crippen molar-refractivity contribution in [2.45, 2.75) is 51.1 Å². The highest BCUT2D eigenvalue weighted by molar-refractivity contribution is 5.82. The summed E-state index contributed by atoms with van der Waals surface area (Å²) in [6, 6.07) is -1.75. The zero-order chi connectivity index (χ0) is 13.5. The van der Waals surface area contributed by atoms with Gasteiger partial charge in [-0.1, -0.05) is 19.3 Å². The number of aliphatic hydroxyl groups excluding tert-OH is 1. The zero-order valence-electron chi connectivity index (χ0n) is 10.7. The lowest BCUT2D eigenvalue weighted by Gasteiger charge is -2.28. The summed E-state index contributed by atoms with van der Waals surface area (Å²) in [6.45, 7) is 1.32. The van der Waals surface area contributed by atoms with Crippen LogP contribution >= 0.6 is 0 Å². The van der Waals surface area contributed by atoms with Crippen molar-refractivity contribution >= 4 is 12.0 Å². The molecule has 6 nitrogen and oxygen atoms in total. The van der Waals surface area contributed by atoms with Gasteiger partial charge in [-0.25, -0.2) is 9.59 Å². The summed E-state index contributed by atoms with van der Waals surface area (Å²) >= 11 is 0. The monoisotopic (exact) mass is 258 g/mol. The lowest BCUT2D eigenvalue weighted by Crippen LogP contribution is -2.51. The molecule has 0 radical (unpaired) electrons. The quantitative estimate of drug-likeness (QED) is 0.583. The van der Waals surface area contributed by atoms with Gasteiger partial charge in [0.05, 0.1) is 6.61 Å². The minimum absolute atomic E-state index is 0.0263. The Morgan fingerprint density at radius 1 is 1.22 bits per heavy atom. The number of aliphatic carboxylic acids is 1. The van der Waals surface area contributed by atoms with Crippen LogP contribution in [-0.4, -0.2) is 40.9 Å². The number of hydrogen-bond donors (Lipinski definition) is 4. The lowest BCUT2D eigenvalue weighted by atomic mass is 9.85. The van der Waals surface area contributed by atoms with Crippen molar-refractivity contribution in [1.82, 2.24) is 10.6 Å². The number of aliphatic hydroxyl groups is 1. The maximum atomic E-state index is 11.6. The fraction of sp³-hybridized carbons (Fsp3) is 0.833. The Balaban J connectivity index is 2.36. The third-order valence-electron chi connectivity index (χ3n) is 3.50. The molecule has 1 fully saturated rings. The molecule has 0 saturated heterocycles. The summed E-state index contributed by atoms with van der Waals surface area (Å²) in [7, 11) is 0. The maximum absolute atomic E-state index is 11.6. The molecule has 0 aromatic carbocycles. The minimum Gasteiger partial charge on any atom is -0.480 e. The normalized spacial score (nSPS) is 19.9. The van der Waals surface area contributed by atoms with Crippen LogP contribution in [0, 0.1) is 5.92 Å². The second kappa shape index (κ2) is 7.20. The van der Waals surface area contributed by atoms with E-state index >= 15 is 0 Å². The first kappa shape index (κ1) is 14.8. The molecule has 4 N–H and O–H groups in total. The van der Waals surface area contributed by atoms with Gasteiger partial charge in [0, 0.05) is 6.04 Å². The summed E-state index contributed by atoms with van der Waals surface area (Å²) in [5.41, 5.74) is 0. The number of nitrogens with one attached hydrogen (secondary N) is 2. The third kappa shape index (κ3) is 4.52. The van der Waals surface area contributed by atoms with Gasteiger partial charge >= 0.3 is 12.0 Å². The van der Waals surface area contributed by atoms with E-state index in [4.69, 9.17) is 10.2 Å². The zero-order valence-corrected chi connectivity index (χ0v) is 10.7. The van der Waals surface area contributed by atoms with E-state index in [1.54, 1.807) is 0 Å². The highest BCUT2D eigenvalue weighted by atomic mass is 16.4. The second-order valence-electron chi connectivity index (χ2n) is 4.88. The molecule has 1 saturated carbocycles. The molecule has 0 heterocycles. The van der Waals surface area contributed by atoms with Crippen LogP contribution in [0.4, 0.5) is 4.79 Å². The average Bonchev–Trinajstić information content (AvgIpc) is 2.36. The molecule has 104 valence electrons.